The number of nitrogens with two attached hydrogens (primary N) is 1. The maximum Gasteiger partial charge on any atom is 0.207 e. The van der Waals surface area contributed by atoms with E-state index in [1.165, 1.54) is 5.56 Å². The van der Waals surface area contributed by atoms with Gasteiger partial charge in [-0.05, 0) is 36.1 Å². The third-order valence-corrected chi connectivity index (χ3v) is 3.62. The lowest BCUT2D eigenvalue weighted by Gasteiger charge is -2.23. The molecular weight excluding hydrogens is 260 g/mol. The third-order valence-electron chi connectivity index (χ3n) is 3.62. The van der Waals surface area contributed by atoms with Crippen molar-refractivity contribution in [3.63, 3.8) is 0 Å². The van der Waals surface area contributed by atoms with E-state index >= 15 is 0 Å². The van der Waals surface area contributed by atoms with Gasteiger partial charge in [-0.25, -0.2) is 9.97 Å². The van der Waals surface area contributed by atoms with Crippen molar-refractivity contribution < 1.29 is 0 Å². The highest BCUT2D eigenvalue weighted by Gasteiger charge is 2.21. The molecule has 4 heteroatoms. The largest absolute Gasteiger partial charge is 0.369 e. The molecule has 2 N–H and O–H groups in total. The maximum atomic E-state index is 6.16. The minimum atomic E-state index is 0.0173. The summed E-state index contributed by atoms with van der Waals surface area (Å²) in [6.07, 6.45) is 0. The van der Waals surface area contributed by atoms with Crippen LogP contribution in [0.3, 0.4) is 0 Å². The molecule has 0 fully saturated rings. The van der Waals surface area contributed by atoms with E-state index in [0.717, 1.165) is 22.5 Å². The van der Waals surface area contributed by atoms with Gasteiger partial charge in [-0.15, -0.1) is 0 Å². The number of benzene rings is 1. The molecule has 0 saturated heterocycles. The first-order valence-corrected chi connectivity index (χ1v) is 7.09. The summed E-state index contributed by atoms with van der Waals surface area (Å²) in [4.78, 5) is 9.05. The molecule has 0 amide bonds. The standard InChI is InChI=1S/C17H20N4/c1-11-9-10-13-15(19-11)21(16(18)20-13)14-8-6-5-7-12(14)17(2,3)4/h5-10H,1-4H3,(H2,18,20). The van der Waals surface area contributed by atoms with Crippen LogP contribution < -0.4 is 5.73 Å². The number of hydrogen-bond donors (Lipinski definition) is 1. The third kappa shape index (κ3) is 2.27. The van der Waals surface area contributed by atoms with E-state index in [9.17, 15) is 0 Å². The summed E-state index contributed by atoms with van der Waals surface area (Å²) in [6, 6.07) is 12.2. The van der Waals surface area contributed by atoms with Gasteiger partial charge >= 0.3 is 0 Å². The second kappa shape index (κ2) is 4.58. The summed E-state index contributed by atoms with van der Waals surface area (Å²) in [5, 5.41) is 0. The maximum absolute atomic E-state index is 6.16. The van der Waals surface area contributed by atoms with Crippen molar-refractivity contribution in [3.8, 4) is 5.69 Å². The van der Waals surface area contributed by atoms with Gasteiger partial charge in [0.1, 0.15) is 5.52 Å². The van der Waals surface area contributed by atoms with Crippen LogP contribution in [0.4, 0.5) is 5.95 Å². The Balaban J connectivity index is 2.36. The number of fused-ring (bicyclic) bond motifs is 1. The monoisotopic (exact) mass is 280 g/mol. The van der Waals surface area contributed by atoms with Gasteiger partial charge < -0.3 is 5.73 Å². The molecule has 0 atom stereocenters. The Morgan fingerprint density at radius 2 is 1.71 bits per heavy atom. The average Bonchev–Trinajstić information content (AvgIpc) is 2.73. The summed E-state index contributed by atoms with van der Waals surface area (Å²) in [5.41, 5.74) is 11.0. The summed E-state index contributed by atoms with van der Waals surface area (Å²) < 4.78 is 1.95. The summed E-state index contributed by atoms with van der Waals surface area (Å²) in [6.45, 7) is 8.56. The van der Waals surface area contributed by atoms with Gasteiger partial charge in [0, 0.05) is 5.69 Å². The molecule has 0 aliphatic carbocycles. The van der Waals surface area contributed by atoms with E-state index in [4.69, 9.17) is 5.73 Å². The molecule has 0 aliphatic heterocycles. The number of hydrogen-bond acceptors (Lipinski definition) is 3. The van der Waals surface area contributed by atoms with Crippen LogP contribution in [0.2, 0.25) is 0 Å². The van der Waals surface area contributed by atoms with Crippen LogP contribution in [0.25, 0.3) is 16.9 Å². The minimum Gasteiger partial charge on any atom is -0.369 e. The zero-order valence-corrected chi connectivity index (χ0v) is 12.9. The Morgan fingerprint density at radius 1 is 1.00 bits per heavy atom. The zero-order valence-electron chi connectivity index (χ0n) is 12.9. The fourth-order valence-corrected chi connectivity index (χ4v) is 2.61. The summed E-state index contributed by atoms with van der Waals surface area (Å²) >= 11 is 0. The lowest BCUT2D eigenvalue weighted by Crippen LogP contribution is -2.16. The predicted octanol–water partition coefficient (Wildman–Crippen LogP) is 3.61. The number of nitrogen functional groups attached to an aromatic ring is 1. The fourth-order valence-electron chi connectivity index (χ4n) is 2.61. The molecule has 0 saturated carbocycles. The van der Waals surface area contributed by atoms with Crippen molar-refractivity contribution in [1.82, 2.24) is 14.5 Å². The molecule has 0 unspecified atom stereocenters. The van der Waals surface area contributed by atoms with Crippen molar-refractivity contribution in [2.24, 2.45) is 0 Å². The molecule has 2 heterocycles. The van der Waals surface area contributed by atoms with E-state index in [-0.39, 0.29) is 5.41 Å². The highest BCUT2D eigenvalue weighted by Crippen LogP contribution is 2.31. The summed E-state index contributed by atoms with van der Waals surface area (Å²) in [5.74, 6) is 0.472. The van der Waals surface area contributed by atoms with Gasteiger partial charge in [0.2, 0.25) is 5.95 Å². The SMILES string of the molecule is Cc1ccc2nc(N)n(-c3ccccc3C(C)(C)C)c2n1. The van der Waals surface area contributed by atoms with E-state index in [2.05, 4.69) is 48.9 Å². The number of anilines is 1. The van der Waals surface area contributed by atoms with E-state index in [1.807, 2.05) is 29.7 Å². The number of para-hydroxylation sites is 1. The van der Waals surface area contributed by atoms with Gasteiger partial charge in [-0.2, -0.15) is 0 Å². The molecule has 1 aromatic carbocycles. The lowest BCUT2D eigenvalue weighted by molar-refractivity contribution is 0.587. The van der Waals surface area contributed by atoms with Crippen molar-refractivity contribution in [2.45, 2.75) is 33.1 Å². The second-order valence-corrected chi connectivity index (χ2v) is 6.37. The summed E-state index contributed by atoms with van der Waals surface area (Å²) in [7, 11) is 0. The van der Waals surface area contributed by atoms with Gasteiger partial charge in [-0.1, -0.05) is 39.0 Å². The molecule has 0 bridgehead atoms. The number of aryl methyl sites for hydroxylation is 1. The van der Waals surface area contributed by atoms with Crippen molar-refractivity contribution >= 4 is 17.1 Å². The number of aromatic nitrogens is 3. The van der Waals surface area contributed by atoms with Crippen molar-refractivity contribution in [3.05, 3.63) is 47.7 Å². The van der Waals surface area contributed by atoms with Crippen LogP contribution in [0.15, 0.2) is 36.4 Å². The lowest BCUT2D eigenvalue weighted by atomic mass is 9.86. The van der Waals surface area contributed by atoms with Crippen LogP contribution in [-0.4, -0.2) is 14.5 Å². The van der Waals surface area contributed by atoms with Crippen LogP contribution in [0.1, 0.15) is 32.0 Å². The van der Waals surface area contributed by atoms with Crippen LogP contribution in [0, 0.1) is 6.92 Å². The first-order chi connectivity index (χ1) is 9.88. The van der Waals surface area contributed by atoms with E-state index in [0.29, 0.717) is 5.95 Å². The topological polar surface area (TPSA) is 56.7 Å². The van der Waals surface area contributed by atoms with Crippen LogP contribution in [0.5, 0.6) is 0 Å². The minimum absolute atomic E-state index is 0.0173. The molecule has 108 valence electrons. The molecule has 3 aromatic rings. The Morgan fingerprint density at radius 3 is 2.43 bits per heavy atom. The second-order valence-electron chi connectivity index (χ2n) is 6.37. The average molecular weight is 280 g/mol. The van der Waals surface area contributed by atoms with Gasteiger partial charge in [0.15, 0.2) is 5.65 Å². The Bertz CT molecular complexity index is 809. The number of pyridine rings is 1. The quantitative estimate of drug-likeness (QED) is 0.741. The van der Waals surface area contributed by atoms with Crippen LogP contribution in [-0.2, 0) is 5.41 Å². The fraction of sp³-hybridized carbons (Fsp3) is 0.294. The van der Waals surface area contributed by atoms with Gasteiger partial charge in [0.05, 0.1) is 5.69 Å². The Kier molecular flexibility index (Phi) is 2.97. The predicted molar refractivity (Wildman–Crippen MR) is 86.7 cm³/mol. The van der Waals surface area contributed by atoms with Gasteiger partial charge in [-0.3, -0.25) is 4.57 Å². The molecule has 0 aliphatic rings. The Labute approximate surface area is 124 Å². The highest BCUT2D eigenvalue weighted by molar-refractivity contribution is 5.77. The molecule has 4 nitrogen and oxygen atoms in total. The molecule has 0 spiro atoms. The first-order valence-electron chi connectivity index (χ1n) is 7.09. The molecule has 21 heavy (non-hydrogen) atoms. The van der Waals surface area contributed by atoms with E-state index in [1.54, 1.807) is 0 Å². The molecular formula is C17H20N4. The van der Waals surface area contributed by atoms with Crippen molar-refractivity contribution in [1.29, 1.82) is 0 Å². The number of nitrogens with zero attached hydrogens (tertiary/aromatic N) is 3. The number of rotatable bonds is 1. The van der Waals surface area contributed by atoms with Gasteiger partial charge in [0.25, 0.3) is 0 Å². The molecule has 0 radical (unpaired) electrons. The highest BCUT2D eigenvalue weighted by atomic mass is 15.2. The van der Waals surface area contributed by atoms with Crippen LogP contribution >= 0.6 is 0 Å². The van der Waals surface area contributed by atoms with Crippen molar-refractivity contribution in [2.75, 3.05) is 5.73 Å². The van der Waals surface area contributed by atoms with E-state index < -0.39 is 0 Å². The normalized spacial score (nSPS) is 12.0. The number of imidazole rings is 1. The molecule has 3 rings (SSSR count). The first kappa shape index (κ1) is 13.6. The zero-order chi connectivity index (χ0) is 15.2. The Hall–Kier alpha value is -2.36. The smallest absolute Gasteiger partial charge is 0.207 e. The molecule has 2 aromatic heterocycles.